The van der Waals surface area contributed by atoms with Crippen LogP contribution in [0.2, 0.25) is 5.02 Å². The lowest BCUT2D eigenvalue weighted by molar-refractivity contribution is -0.385. The number of nitrogens with zero attached hydrogens (tertiary/aromatic N) is 1. The molecule has 1 aromatic rings. The first-order valence-corrected chi connectivity index (χ1v) is 4.86. The van der Waals surface area contributed by atoms with Crippen molar-refractivity contribution in [2.24, 2.45) is 0 Å². The average molecular weight is 258 g/mol. The second-order valence-electron chi connectivity index (χ2n) is 3.09. The van der Waals surface area contributed by atoms with E-state index in [0.717, 1.165) is 7.11 Å². The van der Waals surface area contributed by atoms with Gasteiger partial charge in [-0.2, -0.15) is 0 Å². The first kappa shape index (κ1) is 13.1. The van der Waals surface area contributed by atoms with Crippen molar-refractivity contribution in [2.45, 2.75) is 6.42 Å². The number of carbonyl (C=O) groups excluding carboxylic acids is 2. The molecule has 7 heteroatoms. The van der Waals surface area contributed by atoms with E-state index in [2.05, 4.69) is 4.74 Å². The van der Waals surface area contributed by atoms with Crippen LogP contribution in [0.25, 0.3) is 0 Å². The summed E-state index contributed by atoms with van der Waals surface area (Å²) in [5, 5.41) is 10.7. The fourth-order valence-corrected chi connectivity index (χ4v) is 1.58. The Bertz CT molecular complexity index is 486. The van der Waals surface area contributed by atoms with Crippen LogP contribution in [0.1, 0.15) is 15.9 Å². The number of halogens is 1. The highest BCUT2D eigenvalue weighted by Gasteiger charge is 2.24. The summed E-state index contributed by atoms with van der Waals surface area (Å²) in [6.07, 6.45) is 0.0586. The molecule has 0 bridgehead atoms. The minimum Gasteiger partial charge on any atom is -0.469 e. The van der Waals surface area contributed by atoms with Gasteiger partial charge in [0.1, 0.15) is 5.02 Å². The van der Waals surface area contributed by atoms with Crippen LogP contribution in [-0.2, 0) is 16.0 Å². The number of benzene rings is 1. The smallest absolute Gasteiger partial charge is 0.310 e. The minimum absolute atomic E-state index is 0.0376. The number of rotatable bonds is 4. The molecule has 0 fully saturated rings. The number of hydrogen-bond acceptors (Lipinski definition) is 5. The summed E-state index contributed by atoms with van der Waals surface area (Å²) in [5.74, 6) is -0.682. The molecule has 0 N–H and O–H groups in total. The van der Waals surface area contributed by atoms with Crippen LogP contribution in [0.4, 0.5) is 5.69 Å². The van der Waals surface area contributed by atoms with Crippen molar-refractivity contribution in [1.29, 1.82) is 0 Å². The van der Waals surface area contributed by atoms with Gasteiger partial charge in [-0.05, 0) is 12.1 Å². The number of ether oxygens (including phenoxy) is 1. The van der Waals surface area contributed by atoms with Crippen molar-refractivity contribution in [3.05, 3.63) is 38.4 Å². The van der Waals surface area contributed by atoms with E-state index < -0.39 is 16.6 Å². The lowest BCUT2D eigenvalue weighted by Gasteiger charge is -2.06. The molecule has 0 spiro atoms. The SMILES string of the molecule is COC(=O)Cc1c(C=O)ccc(Cl)c1[N+](=O)[O-]. The number of hydrogen-bond donors (Lipinski definition) is 0. The van der Waals surface area contributed by atoms with Crippen LogP contribution in [0.3, 0.4) is 0 Å². The van der Waals surface area contributed by atoms with Gasteiger partial charge in [0, 0.05) is 5.56 Å². The Balaban J connectivity index is 3.39. The van der Waals surface area contributed by atoms with E-state index >= 15 is 0 Å². The summed E-state index contributed by atoms with van der Waals surface area (Å²) in [5.41, 5.74) is -0.433. The lowest BCUT2D eigenvalue weighted by Crippen LogP contribution is -2.09. The monoisotopic (exact) mass is 257 g/mol. The summed E-state index contributed by atoms with van der Waals surface area (Å²) < 4.78 is 4.41. The molecule has 0 amide bonds. The second kappa shape index (κ2) is 5.40. The van der Waals surface area contributed by atoms with Crippen LogP contribution in [0.15, 0.2) is 12.1 Å². The molecular formula is C10H8ClNO5. The molecular weight excluding hydrogens is 250 g/mol. The summed E-state index contributed by atoms with van der Waals surface area (Å²) in [6, 6.07) is 2.56. The molecule has 0 radical (unpaired) electrons. The van der Waals surface area contributed by atoms with Gasteiger partial charge >= 0.3 is 5.97 Å². The number of esters is 1. The van der Waals surface area contributed by atoms with Crippen LogP contribution < -0.4 is 0 Å². The third kappa shape index (κ3) is 2.79. The molecule has 17 heavy (non-hydrogen) atoms. The van der Waals surface area contributed by atoms with E-state index in [1.54, 1.807) is 0 Å². The molecule has 0 aliphatic heterocycles. The Hall–Kier alpha value is -1.95. The molecule has 0 unspecified atom stereocenters. The van der Waals surface area contributed by atoms with E-state index in [1.165, 1.54) is 12.1 Å². The predicted octanol–water partition coefficient (Wildman–Crippen LogP) is 1.78. The standard InChI is InChI=1S/C10H8ClNO5/c1-17-9(14)4-7-6(5-13)2-3-8(11)10(7)12(15)16/h2-3,5H,4H2,1H3. The van der Waals surface area contributed by atoms with Gasteiger partial charge in [0.05, 0.1) is 24.0 Å². The highest BCUT2D eigenvalue weighted by atomic mass is 35.5. The Kier molecular flexibility index (Phi) is 4.17. The van der Waals surface area contributed by atoms with Gasteiger partial charge < -0.3 is 4.74 Å². The summed E-state index contributed by atoms with van der Waals surface area (Å²) >= 11 is 5.67. The van der Waals surface area contributed by atoms with E-state index in [4.69, 9.17) is 11.6 Å². The van der Waals surface area contributed by atoms with Crippen molar-refractivity contribution in [2.75, 3.05) is 7.11 Å². The van der Waals surface area contributed by atoms with Crippen molar-refractivity contribution in [3.8, 4) is 0 Å². The number of methoxy groups -OCH3 is 1. The third-order valence-electron chi connectivity index (χ3n) is 2.13. The molecule has 0 aliphatic carbocycles. The number of carbonyl (C=O) groups is 2. The fourth-order valence-electron chi connectivity index (χ4n) is 1.33. The Morgan fingerprint density at radius 1 is 1.59 bits per heavy atom. The zero-order valence-electron chi connectivity index (χ0n) is 8.81. The maximum Gasteiger partial charge on any atom is 0.310 e. The molecule has 0 aliphatic rings. The first-order chi connectivity index (χ1) is 8.01. The van der Waals surface area contributed by atoms with Gasteiger partial charge in [-0.3, -0.25) is 19.7 Å². The molecule has 90 valence electrons. The summed E-state index contributed by atoms with van der Waals surface area (Å²) in [7, 11) is 1.15. The topological polar surface area (TPSA) is 86.5 Å². The van der Waals surface area contributed by atoms with Crippen molar-refractivity contribution in [3.63, 3.8) is 0 Å². The van der Waals surface area contributed by atoms with Crippen LogP contribution >= 0.6 is 11.6 Å². The zero-order chi connectivity index (χ0) is 13.0. The molecule has 6 nitrogen and oxygen atoms in total. The van der Waals surface area contributed by atoms with Gasteiger partial charge in [-0.15, -0.1) is 0 Å². The highest BCUT2D eigenvalue weighted by molar-refractivity contribution is 6.33. The van der Waals surface area contributed by atoms with Crippen LogP contribution in [0.5, 0.6) is 0 Å². The Morgan fingerprint density at radius 3 is 2.71 bits per heavy atom. The minimum atomic E-state index is -0.729. The fraction of sp³-hybridized carbons (Fsp3) is 0.200. The molecule has 0 saturated heterocycles. The van der Waals surface area contributed by atoms with Crippen molar-refractivity contribution >= 4 is 29.5 Å². The Labute approximate surface area is 101 Å². The maximum atomic E-state index is 11.1. The lowest BCUT2D eigenvalue weighted by atomic mass is 10.0. The summed E-state index contributed by atoms with van der Waals surface area (Å²) in [6.45, 7) is 0. The molecule has 0 aromatic heterocycles. The van der Waals surface area contributed by atoms with Crippen LogP contribution in [0, 0.1) is 10.1 Å². The van der Waals surface area contributed by atoms with E-state index in [1.807, 2.05) is 0 Å². The van der Waals surface area contributed by atoms with Gasteiger partial charge in [0.25, 0.3) is 5.69 Å². The molecule has 0 saturated carbocycles. The summed E-state index contributed by atoms with van der Waals surface area (Å²) in [4.78, 5) is 32.0. The number of aldehydes is 1. The molecule has 0 heterocycles. The van der Waals surface area contributed by atoms with Crippen molar-refractivity contribution < 1.29 is 19.2 Å². The van der Waals surface area contributed by atoms with E-state index in [0.29, 0.717) is 6.29 Å². The Morgan fingerprint density at radius 2 is 2.24 bits per heavy atom. The van der Waals surface area contributed by atoms with Gasteiger partial charge in [0.2, 0.25) is 0 Å². The van der Waals surface area contributed by atoms with E-state index in [-0.39, 0.29) is 22.6 Å². The van der Waals surface area contributed by atoms with E-state index in [9.17, 15) is 19.7 Å². The van der Waals surface area contributed by atoms with Gasteiger partial charge in [0.15, 0.2) is 6.29 Å². The molecule has 1 rings (SSSR count). The van der Waals surface area contributed by atoms with Crippen molar-refractivity contribution in [1.82, 2.24) is 0 Å². The highest BCUT2D eigenvalue weighted by Crippen LogP contribution is 2.31. The second-order valence-corrected chi connectivity index (χ2v) is 3.50. The zero-order valence-corrected chi connectivity index (χ0v) is 9.56. The maximum absolute atomic E-state index is 11.1. The van der Waals surface area contributed by atoms with Crippen LogP contribution in [-0.4, -0.2) is 24.3 Å². The number of nitro groups is 1. The molecule has 0 atom stereocenters. The average Bonchev–Trinajstić information content (AvgIpc) is 2.28. The first-order valence-electron chi connectivity index (χ1n) is 4.49. The largest absolute Gasteiger partial charge is 0.469 e. The predicted molar refractivity (Wildman–Crippen MR) is 59.2 cm³/mol. The quantitative estimate of drug-likeness (QED) is 0.355. The van der Waals surface area contributed by atoms with Gasteiger partial charge in [-0.1, -0.05) is 11.6 Å². The number of nitro benzene ring substituents is 1. The molecule has 1 aromatic carbocycles. The normalized spacial score (nSPS) is 9.76. The van der Waals surface area contributed by atoms with Gasteiger partial charge in [-0.25, -0.2) is 0 Å². The third-order valence-corrected chi connectivity index (χ3v) is 2.43.